The van der Waals surface area contributed by atoms with Gasteiger partial charge in [0.15, 0.2) is 0 Å². The zero-order valence-corrected chi connectivity index (χ0v) is 13.5. The quantitative estimate of drug-likeness (QED) is 0.767. The topological polar surface area (TPSA) is 70.2 Å². The summed E-state index contributed by atoms with van der Waals surface area (Å²) in [6, 6.07) is 5.70. The molecular formula is C15H20ClF2N3O2. The van der Waals surface area contributed by atoms with Crippen molar-refractivity contribution in [2.75, 3.05) is 17.2 Å². The van der Waals surface area contributed by atoms with Crippen molar-refractivity contribution in [1.82, 2.24) is 5.32 Å². The van der Waals surface area contributed by atoms with E-state index >= 15 is 0 Å². The Morgan fingerprint density at radius 3 is 2.52 bits per heavy atom. The van der Waals surface area contributed by atoms with Crippen LogP contribution in [0.25, 0.3) is 0 Å². The van der Waals surface area contributed by atoms with Gasteiger partial charge in [-0.1, -0.05) is 13.0 Å². The zero-order chi connectivity index (χ0) is 16.2. The van der Waals surface area contributed by atoms with Gasteiger partial charge in [0.25, 0.3) is 5.92 Å². The van der Waals surface area contributed by atoms with Crippen LogP contribution in [0.4, 0.5) is 20.2 Å². The lowest BCUT2D eigenvalue weighted by molar-refractivity contribution is -0.118. The summed E-state index contributed by atoms with van der Waals surface area (Å²) in [6.07, 6.45) is 0.646. The van der Waals surface area contributed by atoms with Crippen molar-refractivity contribution in [3.63, 3.8) is 0 Å². The molecule has 1 fully saturated rings. The number of anilines is 2. The first-order valence-corrected chi connectivity index (χ1v) is 7.21. The fourth-order valence-electron chi connectivity index (χ4n) is 2.26. The number of halogens is 3. The molecule has 0 radical (unpaired) electrons. The Kier molecular flexibility index (Phi) is 6.90. The Morgan fingerprint density at radius 1 is 1.30 bits per heavy atom. The summed E-state index contributed by atoms with van der Waals surface area (Å²) in [4.78, 5) is 23.5. The van der Waals surface area contributed by atoms with Gasteiger partial charge < -0.3 is 10.6 Å². The third kappa shape index (κ3) is 5.76. The first-order valence-electron chi connectivity index (χ1n) is 7.21. The molecule has 1 aliphatic rings. The molecule has 0 aromatic heterocycles. The molecular weight excluding hydrogens is 328 g/mol. The standard InChI is InChI=1S/C15H19F2N3O2.ClH/c1-2-4-13(21)19-10-5-3-6-11(7-10)20-14(22)12-8-15(16,17)9-18-12;/h3,5-7,12,18H,2,4,8-9H2,1H3,(H,19,21)(H,20,22);1H. The van der Waals surface area contributed by atoms with Gasteiger partial charge in [0.05, 0.1) is 12.6 Å². The van der Waals surface area contributed by atoms with Crippen LogP contribution in [0.15, 0.2) is 24.3 Å². The number of amides is 2. The molecule has 8 heteroatoms. The van der Waals surface area contributed by atoms with E-state index in [0.717, 1.165) is 6.42 Å². The maximum absolute atomic E-state index is 13.1. The van der Waals surface area contributed by atoms with E-state index < -0.39 is 30.8 Å². The van der Waals surface area contributed by atoms with Gasteiger partial charge in [-0.25, -0.2) is 8.78 Å². The summed E-state index contributed by atoms with van der Waals surface area (Å²) in [6.45, 7) is 1.42. The molecule has 1 saturated heterocycles. The number of rotatable bonds is 5. The molecule has 1 heterocycles. The third-order valence-corrected chi connectivity index (χ3v) is 3.32. The fourth-order valence-corrected chi connectivity index (χ4v) is 2.26. The second kappa shape index (κ2) is 8.21. The van der Waals surface area contributed by atoms with Gasteiger partial charge in [-0.15, -0.1) is 12.4 Å². The van der Waals surface area contributed by atoms with Crippen molar-refractivity contribution in [2.24, 2.45) is 0 Å². The molecule has 1 unspecified atom stereocenters. The van der Waals surface area contributed by atoms with Gasteiger partial charge in [-0.2, -0.15) is 0 Å². The third-order valence-electron chi connectivity index (χ3n) is 3.32. The summed E-state index contributed by atoms with van der Waals surface area (Å²) in [5.74, 6) is -3.46. The van der Waals surface area contributed by atoms with Crippen molar-refractivity contribution in [2.45, 2.75) is 38.2 Å². The van der Waals surface area contributed by atoms with Crippen LogP contribution < -0.4 is 16.0 Å². The molecule has 1 aromatic carbocycles. The molecule has 0 bridgehead atoms. The van der Waals surface area contributed by atoms with Gasteiger partial charge in [0.1, 0.15) is 0 Å². The first kappa shape index (κ1) is 19.3. The van der Waals surface area contributed by atoms with Gasteiger partial charge in [0.2, 0.25) is 11.8 Å². The Labute approximate surface area is 139 Å². The highest BCUT2D eigenvalue weighted by molar-refractivity contribution is 5.96. The predicted molar refractivity (Wildman–Crippen MR) is 87.2 cm³/mol. The van der Waals surface area contributed by atoms with Crippen LogP contribution in [0.3, 0.4) is 0 Å². The molecule has 0 saturated carbocycles. The second-order valence-corrected chi connectivity index (χ2v) is 5.36. The summed E-state index contributed by atoms with van der Waals surface area (Å²) < 4.78 is 26.2. The molecule has 5 nitrogen and oxygen atoms in total. The number of nitrogens with one attached hydrogen (secondary N) is 3. The molecule has 0 aliphatic carbocycles. The Hall–Kier alpha value is -1.73. The number of carbonyl (C=O) groups excluding carboxylic acids is 2. The summed E-state index contributed by atoms with van der Waals surface area (Å²) in [5, 5.41) is 7.79. The fraction of sp³-hybridized carbons (Fsp3) is 0.467. The minimum Gasteiger partial charge on any atom is -0.326 e. The summed E-state index contributed by atoms with van der Waals surface area (Å²) in [5.41, 5.74) is 1.01. The van der Waals surface area contributed by atoms with Crippen LogP contribution in [0.5, 0.6) is 0 Å². The number of benzene rings is 1. The van der Waals surface area contributed by atoms with E-state index in [0.29, 0.717) is 17.8 Å². The molecule has 128 valence electrons. The highest BCUT2D eigenvalue weighted by Gasteiger charge is 2.42. The lowest BCUT2D eigenvalue weighted by Crippen LogP contribution is -2.35. The minimum absolute atomic E-state index is 0. The molecule has 0 spiro atoms. The monoisotopic (exact) mass is 347 g/mol. The number of alkyl halides is 2. The van der Waals surface area contributed by atoms with Gasteiger partial charge in [-0.05, 0) is 24.6 Å². The minimum atomic E-state index is -2.85. The highest BCUT2D eigenvalue weighted by atomic mass is 35.5. The van der Waals surface area contributed by atoms with Crippen molar-refractivity contribution < 1.29 is 18.4 Å². The smallest absolute Gasteiger partial charge is 0.262 e. The number of carbonyl (C=O) groups is 2. The average molecular weight is 348 g/mol. The van der Waals surface area contributed by atoms with Crippen molar-refractivity contribution >= 4 is 35.6 Å². The molecule has 23 heavy (non-hydrogen) atoms. The lowest BCUT2D eigenvalue weighted by atomic mass is 10.1. The van der Waals surface area contributed by atoms with E-state index in [9.17, 15) is 18.4 Å². The van der Waals surface area contributed by atoms with Crippen molar-refractivity contribution in [3.8, 4) is 0 Å². The van der Waals surface area contributed by atoms with Crippen LogP contribution >= 0.6 is 12.4 Å². The highest BCUT2D eigenvalue weighted by Crippen LogP contribution is 2.26. The zero-order valence-electron chi connectivity index (χ0n) is 12.7. The number of hydrogen-bond acceptors (Lipinski definition) is 3. The summed E-state index contributed by atoms with van der Waals surface area (Å²) >= 11 is 0. The van der Waals surface area contributed by atoms with Crippen LogP contribution in [-0.2, 0) is 9.59 Å². The van der Waals surface area contributed by atoms with E-state index in [4.69, 9.17) is 0 Å². The molecule has 3 N–H and O–H groups in total. The van der Waals surface area contributed by atoms with Gasteiger partial charge in [0, 0.05) is 24.2 Å². The number of hydrogen-bond donors (Lipinski definition) is 3. The first-order chi connectivity index (χ1) is 10.4. The SMILES string of the molecule is CCCC(=O)Nc1cccc(NC(=O)C2CC(F)(F)CN2)c1.Cl. The second-order valence-electron chi connectivity index (χ2n) is 5.36. The van der Waals surface area contributed by atoms with Crippen LogP contribution in [-0.4, -0.2) is 30.3 Å². The predicted octanol–water partition coefficient (Wildman–Crippen LogP) is 2.78. The van der Waals surface area contributed by atoms with Gasteiger partial charge in [-0.3, -0.25) is 14.9 Å². The van der Waals surface area contributed by atoms with E-state index in [-0.39, 0.29) is 18.3 Å². The molecule has 2 rings (SSSR count). The maximum Gasteiger partial charge on any atom is 0.262 e. The molecule has 1 atom stereocenters. The Bertz CT molecular complexity index is 569. The molecule has 2 amide bonds. The largest absolute Gasteiger partial charge is 0.326 e. The van der Waals surface area contributed by atoms with Crippen LogP contribution in [0.2, 0.25) is 0 Å². The maximum atomic E-state index is 13.1. The summed E-state index contributed by atoms with van der Waals surface area (Å²) in [7, 11) is 0. The van der Waals surface area contributed by atoms with Gasteiger partial charge >= 0.3 is 0 Å². The van der Waals surface area contributed by atoms with E-state index in [2.05, 4.69) is 16.0 Å². The van der Waals surface area contributed by atoms with Crippen LogP contribution in [0, 0.1) is 0 Å². The van der Waals surface area contributed by atoms with Crippen LogP contribution in [0.1, 0.15) is 26.2 Å². The van der Waals surface area contributed by atoms with E-state index in [1.54, 1.807) is 24.3 Å². The lowest BCUT2D eigenvalue weighted by Gasteiger charge is -2.12. The van der Waals surface area contributed by atoms with E-state index in [1.165, 1.54) is 0 Å². The molecule has 1 aromatic rings. The Morgan fingerprint density at radius 2 is 1.96 bits per heavy atom. The average Bonchev–Trinajstić information content (AvgIpc) is 2.80. The Balaban J connectivity index is 0.00000264. The molecule has 1 aliphatic heterocycles. The van der Waals surface area contributed by atoms with Crippen molar-refractivity contribution in [1.29, 1.82) is 0 Å². The van der Waals surface area contributed by atoms with E-state index in [1.807, 2.05) is 6.92 Å². The van der Waals surface area contributed by atoms with Crippen molar-refractivity contribution in [3.05, 3.63) is 24.3 Å². The normalized spacial score (nSPS) is 18.8.